The van der Waals surface area contributed by atoms with Crippen molar-refractivity contribution in [3.8, 4) is 5.75 Å². The molecule has 5 nitrogen and oxygen atoms in total. The van der Waals surface area contributed by atoms with Crippen molar-refractivity contribution < 1.29 is 14.3 Å². The minimum atomic E-state index is -0.479. The van der Waals surface area contributed by atoms with Crippen molar-refractivity contribution in [1.82, 2.24) is 10.2 Å². The zero-order valence-corrected chi connectivity index (χ0v) is 20.6. The van der Waals surface area contributed by atoms with E-state index in [0.29, 0.717) is 25.1 Å². The Hall–Kier alpha value is -2.47. The van der Waals surface area contributed by atoms with Crippen LogP contribution in [-0.2, 0) is 16.1 Å². The SMILES string of the molecule is CC[C@@H](C(=O)NC1CCCCC1)N(Cc1cccc(OC)c1)C(=O)CCSc1ccccc1. The maximum Gasteiger partial charge on any atom is 0.243 e. The van der Waals surface area contributed by atoms with Crippen LogP contribution in [-0.4, -0.2) is 41.7 Å². The molecule has 0 heterocycles. The molecule has 2 aromatic carbocycles. The third-order valence-electron chi connectivity index (χ3n) is 6.15. The quantitative estimate of drug-likeness (QED) is 0.447. The third-order valence-corrected chi connectivity index (χ3v) is 7.17. The van der Waals surface area contributed by atoms with Gasteiger partial charge in [0.15, 0.2) is 0 Å². The van der Waals surface area contributed by atoms with Crippen LogP contribution in [0, 0.1) is 0 Å². The van der Waals surface area contributed by atoms with Crippen molar-refractivity contribution in [2.45, 2.75) is 75.4 Å². The molecule has 1 fully saturated rings. The maximum atomic E-state index is 13.4. The summed E-state index contributed by atoms with van der Waals surface area (Å²) in [7, 11) is 1.63. The summed E-state index contributed by atoms with van der Waals surface area (Å²) in [5.74, 6) is 1.40. The van der Waals surface area contributed by atoms with Gasteiger partial charge in [-0.15, -0.1) is 11.8 Å². The molecule has 6 heteroatoms. The van der Waals surface area contributed by atoms with Crippen LogP contribution in [0.1, 0.15) is 57.4 Å². The van der Waals surface area contributed by atoms with Crippen LogP contribution in [0.15, 0.2) is 59.5 Å². The van der Waals surface area contributed by atoms with Crippen LogP contribution in [0.25, 0.3) is 0 Å². The highest BCUT2D eigenvalue weighted by Crippen LogP contribution is 2.22. The van der Waals surface area contributed by atoms with E-state index in [1.54, 1.807) is 23.8 Å². The fourth-order valence-electron chi connectivity index (χ4n) is 4.35. The molecule has 3 rings (SSSR count). The van der Waals surface area contributed by atoms with E-state index in [9.17, 15) is 9.59 Å². The van der Waals surface area contributed by atoms with E-state index in [1.807, 2.05) is 49.4 Å². The van der Waals surface area contributed by atoms with Gasteiger partial charge in [0.2, 0.25) is 11.8 Å². The van der Waals surface area contributed by atoms with E-state index >= 15 is 0 Å². The van der Waals surface area contributed by atoms with E-state index in [2.05, 4.69) is 17.4 Å². The summed E-state index contributed by atoms with van der Waals surface area (Å²) < 4.78 is 5.36. The second kappa shape index (κ2) is 13.3. The van der Waals surface area contributed by atoms with E-state index in [4.69, 9.17) is 4.74 Å². The van der Waals surface area contributed by atoms with Crippen LogP contribution in [0.5, 0.6) is 5.75 Å². The van der Waals surface area contributed by atoms with Crippen molar-refractivity contribution in [2.24, 2.45) is 0 Å². The lowest BCUT2D eigenvalue weighted by Crippen LogP contribution is -2.51. The van der Waals surface area contributed by atoms with Crippen molar-refractivity contribution in [1.29, 1.82) is 0 Å². The molecule has 0 saturated heterocycles. The zero-order valence-electron chi connectivity index (χ0n) is 19.8. The average molecular weight is 469 g/mol. The Bertz CT molecular complexity index is 884. The highest BCUT2D eigenvalue weighted by molar-refractivity contribution is 7.99. The number of amides is 2. The fourth-order valence-corrected chi connectivity index (χ4v) is 5.21. The molecule has 1 saturated carbocycles. The fraction of sp³-hybridized carbons (Fsp3) is 0.481. The second-order valence-electron chi connectivity index (χ2n) is 8.55. The van der Waals surface area contributed by atoms with Crippen LogP contribution in [0.2, 0.25) is 0 Å². The summed E-state index contributed by atoms with van der Waals surface area (Å²) in [6, 6.07) is 17.6. The van der Waals surface area contributed by atoms with Gasteiger partial charge in [-0.25, -0.2) is 0 Å². The summed E-state index contributed by atoms with van der Waals surface area (Å²) in [5.41, 5.74) is 0.960. The number of rotatable bonds is 11. The number of nitrogens with one attached hydrogen (secondary N) is 1. The first-order valence-electron chi connectivity index (χ1n) is 12.0. The molecule has 0 aromatic heterocycles. The molecule has 178 valence electrons. The molecule has 1 aliphatic carbocycles. The van der Waals surface area contributed by atoms with Crippen LogP contribution in [0.3, 0.4) is 0 Å². The molecule has 1 N–H and O–H groups in total. The van der Waals surface area contributed by atoms with E-state index in [1.165, 1.54) is 6.42 Å². The van der Waals surface area contributed by atoms with Crippen molar-refractivity contribution in [3.05, 3.63) is 60.2 Å². The number of benzene rings is 2. The van der Waals surface area contributed by atoms with Gasteiger partial charge in [-0.1, -0.05) is 56.5 Å². The second-order valence-corrected chi connectivity index (χ2v) is 9.72. The number of nitrogens with zero attached hydrogens (tertiary/aromatic N) is 1. The Morgan fingerprint density at radius 2 is 1.85 bits per heavy atom. The number of hydrogen-bond acceptors (Lipinski definition) is 4. The lowest BCUT2D eigenvalue weighted by molar-refractivity contribution is -0.141. The highest BCUT2D eigenvalue weighted by atomic mass is 32.2. The van der Waals surface area contributed by atoms with Crippen LogP contribution >= 0.6 is 11.8 Å². The average Bonchev–Trinajstić information content (AvgIpc) is 2.85. The molecule has 0 bridgehead atoms. The van der Waals surface area contributed by atoms with Gasteiger partial charge in [-0.3, -0.25) is 9.59 Å². The molecule has 2 aromatic rings. The van der Waals surface area contributed by atoms with Crippen molar-refractivity contribution >= 4 is 23.6 Å². The van der Waals surface area contributed by atoms with Gasteiger partial charge in [-0.2, -0.15) is 0 Å². The summed E-state index contributed by atoms with van der Waals surface area (Å²) in [4.78, 5) is 29.6. The lowest BCUT2D eigenvalue weighted by atomic mass is 9.95. The van der Waals surface area contributed by atoms with Crippen molar-refractivity contribution in [2.75, 3.05) is 12.9 Å². The molecule has 1 atom stereocenters. The number of carbonyl (C=O) groups is 2. The Balaban J connectivity index is 1.71. The summed E-state index contributed by atoms with van der Waals surface area (Å²) in [6.07, 6.45) is 6.58. The highest BCUT2D eigenvalue weighted by Gasteiger charge is 2.30. The van der Waals surface area contributed by atoms with Gasteiger partial charge in [0.05, 0.1) is 7.11 Å². The zero-order chi connectivity index (χ0) is 23.5. The Labute approximate surface area is 202 Å². The molecular formula is C27H36N2O3S. The first-order valence-corrected chi connectivity index (χ1v) is 13.0. The summed E-state index contributed by atoms with van der Waals surface area (Å²) >= 11 is 1.67. The molecular weight excluding hydrogens is 432 g/mol. The van der Waals surface area contributed by atoms with Gasteiger partial charge in [0.1, 0.15) is 11.8 Å². The number of ether oxygens (including phenoxy) is 1. The summed E-state index contributed by atoms with van der Waals surface area (Å²) in [5, 5.41) is 3.23. The Morgan fingerprint density at radius 1 is 1.09 bits per heavy atom. The molecule has 0 unspecified atom stereocenters. The summed E-state index contributed by atoms with van der Waals surface area (Å²) in [6.45, 7) is 2.37. The first kappa shape index (κ1) is 25.2. The van der Waals surface area contributed by atoms with Gasteiger partial charge in [0, 0.05) is 29.7 Å². The monoisotopic (exact) mass is 468 g/mol. The lowest BCUT2D eigenvalue weighted by Gasteiger charge is -2.33. The predicted octanol–water partition coefficient (Wildman–Crippen LogP) is 5.43. The minimum absolute atomic E-state index is 0.00638. The normalized spacial score (nSPS) is 15.0. The molecule has 2 amide bonds. The van der Waals surface area contributed by atoms with E-state index in [0.717, 1.165) is 41.9 Å². The number of thioether (sulfide) groups is 1. The van der Waals surface area contributed by atoms with Crippen LogP contribution in [0.4, 0.5) is 0 Å². The van der Waals surface area contributed by atoms with E-state index < -0.39 is 6.04 Å². The maximum absolute atomic E-state index is 13.4. The minimum Gasteiger partial charge on any atom is -0.497 e. The van der Waals surface area contributed by atoms with Gasteiger partial charge < -0.3 is 15.0 Å². The molecule has 0 radical (unpaired) electrons. The van der Waals surface area contributed by atoms with Gasteiger partial charge >= 0.3 is 0 Å². The Kier molecular flexibility index (Phi) is 10.1. The standard InChI is InChI=1S/C27H36N2O3S/c1-3-25(27(31)28-22-12-6-4-7-13-22)29(20-21-11-10-14-23(19-21)32-2)26(30)17-18-33-24-15-8-5-9-16-24/h5,8-11,14-16,19,22,25H,3-4,6-7,12-13,17-18,20H2,1-2H3,(H,28,31)/t25-/m0/s1. The van der Waals surface area contributed by atoms with Gasteiger partial charge in [-0.05, 0) is 49.1 Å². The molecule has 1 aliphatic rings. The number of carbonyl (C=O) groups excluding carboxylic acids is 2. The molecule has 33 heavy (non-hydrogen) atoms. The topological polar surface area (TPSA) is 58.6 Å². The van der Waals surface area contributed by atoms with E-state index in [-0.39, 0.29) is 17.9 Å². The Morgan fingerprint density at radius 3 is 2.55 bits per heavy atom. The first-order chi connectivity index (χ1) is 16.1. The third kappa shape index (κ3) is 7.81. The largest absolute Gasteiger partial charge is 0.497 e. The van der Waals surface area contributed by atoms with Crippen molar-refractivity contribution in [3.63, 3.8) is 0 Å². The number of hydrogen-bond donors (Lipinski definition) is 1. The smallest absolute Gasteiger partial charge is 0.243 e. The molecule has 0 spiro atoms. The van der Waals surface area contributed by atoms with Crippen LogP contribution < -0.4 is 10.1 Å². The molecule has 0 aliphatic heterocycles. The van der Waals surface area contributed by atoms with Gasteiger partial charge in [0.25, 0.3) is 0 Å². The predicted molar refractivity (Wildman–Crippen MR) is 134 cm³/mol. The number of methoxy groups -OCH3 is 1.